The van der Waals surface area contributed by atoms with Gasteiger partial charge in [-0.25, -0.2) is 9.59 Å². The van der Waals surface area contributed by atoms with E-state index in [-0.39, 0.29) is 0 Å². The molecule has 2 unspecified atom stereocenters. The number of carboxylic acid groups (broad SMARTS) is 2. The van der Waals surface area contributed by atoms with E-state index in [4.69, 9.17) is 15.0 Å². The average molecular weight is 295 g/mol. The van der Waals surface area contributed by atoms with E-state index in [2.05, 4.69) is 4.90 Å². The van der Waals surface area contributed by atoms with Gasteiger partial charge in [-0.3, -0.25) is 0 Å². The topological polar surface area (TPSA) is 77.8 Å². The highest BCUT2D eigenvalue weighted by molar-refractivity contribution is 5.87. The zero-order valence-corrected chi connectivity index (χ0v) is 10.9. The van der Waals surface area contributed by atoms with Crippen molar-refractivity contribution in [2.75, 3.05) is 19.6 Å². The SMILES string of the molecule is C/C(C(=O)O)=C1/CCN2CCC1C2.O=C(O)C(F)(F)F. The van der Waals surface area contributed by atoms with Gasteiger partial charge in [0, 0.05) is 18.7 Å². The lowest BCUT2D eigenvalue weighted by atomic mass is 9.90. The fourth-order valence-corrected chi connectivity index (χ4v) is 2.43. The molecule has 2 atom stereocenters. The summed E-state index contributed by atoms with van der Waals surface area (Å²) in [5.74, 6) is -2.97. The van der Waals surface area contributed by atoms with E-state index in [0.717, 1.165) is 32.5 Å². The van der Waals surface area contributed by atoms with Crippen LogP contribution in [0.4, 0.5) is 13.2 Å². The number of aliphatic carboxylic acids is 2. The largest absolute Gasteiger partial charge is 0.490 e. The summed E-state index contributed by atoms with van der Waals surface area (Å²) >= 11 is 0. The van der Waals surface area contributed by atoms with Crippen LogP contribution < -0.4 is 0 Å². The fourth-order valence-electron chi connectivity index (χ4n) is 2.43. The van der Waals surface area contributed by atoms with E-state index >= 15 is 0 Å². The molecule has 2 rings (SSSR count). The number of carboxylic acids is 2. The monoisotopic (exact) mass is 295 g/mol. The van der Waals surface area contributed by atoms with Crippen molar-refractivity contribution in [3.63, 3.8) is 0 Å². The molecule has 2 fully saturated rings. The summed E-state index contributed by atoms with van der Waals surface area (Å²) in [5.41, 5.74) is 1.79. The molecule has 20 heavy (non-hydrogen) atoms. The molecule has 2 aliphatic rings. The maximum absolute atomic E-state index is 10.8. The van der Waals surface area contributed by atoms with E-state index < -0.39 is 18.1 Å². The molecule has 2 bridgehead atoms. The van der Waals surface area contributed by atoms with Crippen LogP contribution in [-0.4, -0.2) is 52.9 Å². The van der Waals surface area contributed by atoms with E-state index in [1.54, 1.807) is 6.92 Å². The minimum absolute atomic E-state index is 0.532. The van der Waals surface area contributed by atoms with E-state index in [0.29, 0.717) is 11.5 Å². The maximum Gasteiger partial charge on any atom is 0.490 e. The Morgan fingerprint density at radius 2 is 1.80 bits per heavy atom. The highest BCUT2D eigenvalue weighted by Crippen LogP contribution is 2.33. The van der Waals surface area contributed by atoms with Crippen molar-refractivity contribution in [1.82, 2.24) is 4.90 Å². The molecule has 0 amide bonds. The third-order valence-electron chi connectivity index (χ3n) is 3.51. The molecule has 0 aromatic carbocycles. The van der Waals surface area contributed by atoms with Crippen LogP contribution in [0.25, 0.3) is 0 Å². The molecule has 0 aromatic rings. The van der Waals surface area contributed by atoms with Crippen LogP contribution in [0.2, 0.25) is 0 Å². The van der Waals surface area contributed by atoms with Gasteiger partial charge in [0.1, 0.15) is 0 Å². The molecule has 0 aromatic heterocycles. The summed E-state index contributed by atoms with van der Waals surface area (Å²) in [6.07, 6.45) is -2.97. The quantitative estimate of drug-likeness (QED) is 0.721. The van der Waals surface area contributed by atoms with Gasteiger partial charge >= 0.3 is 18.1 Å². The summed E-state index contributed by atoms with van der Waals surface area (Å²) in [7, 11) is 0. The first-order valence-corrected chi connectivity index (χ1v) is 6.08. The lowest BCUT2D eigenvalue weighted by Gasteiger charge is -2.25. The number of hydrogen-bond donors (Lipinski definition) is 2. The Kier molecular flexibility index (Phi) is 5.15. The van der Waals surface area contributed by atoms with Crippen molar-refractivity contribution in [2.45, 2.75) is 25.9 Å². The number of nitrogens with zero attached hydrogens (tertiary/aromatic N) is 1. The third kappa shape index (κ3) is 4.22. The van der Waals surface area contributed by atoms with Gasteiger partial charge < -0.3 is 15.1 Å². The minimum Gasteiger partial charge on any atom is -0.478 e. The van der Waals surface area contributed by atoms with Crippen molar-refractivity contribution in [2.24, 2.45) is 5.92 Å². The lowest BCUT2D eigenvalue weighted by molar-refractivity contribution is -0.192. The molecular formula is C12H16F3NO4. The summed E-state index contributed by atoms with van der Waals surface area (Å²) < 4.78 is 31.7. The lowest BCUT2D eigenvalue weighted by Crippen LogP contribution is -2.28. The van der Waals surface area contributed by atoms with Crippen LogP contribution in [0.3, 0.4) is 0 Å². The number of fused-ring (bicyclic) bond motifs is 2. The van der Waals surface area contributed by atoms with Crippen LogP contribution in [0.1, 0.15) is 19.8 Å². The molecule has 0 radical (unpaired) electrons. The second-order valence-corrected chi connectivity index (χ2v) is 4.79. The summed E-state index contributed by atoms with van der Waals surface area (Å²) in [6, 6.07) is 0. The molecule has 0 aliphatic carbocycles. The van der Waals surface area contributed by atoms with Gasteiger partial charge in [-0.15, -0.1) is 0 Å². The standard InChI is InChI=1S/C10H15NO2.C2HF3O2/c1-7(10(12)13)9-3-5-11-4-2-8(9)6-11;3-2(4,5)1(6)7/h8H,2-6H2,1H3,(H,12,13);(H,6,7)/b9-7+;. The molecule has 114 valence electrons. The Morgan fingerprint density at radius 1 is 1.25 bits per heavy atom. The van der Waals surface area contributed by atoms with Gasteiger partial charge in [0.15, 0.2) is 0 Å². The van der Waals surface area contributed by atoms with Crippen LogP contribution in [0.15, 0.2) is 11.1 Å². The van der Waals surface area contributed by atoms with Gasteiger partial charge in [-0.1, -0.05) is 5.57 Å². The third-order valence-corrected chi connectivity index (χ3v) is 3.51. The second-order valence-electron chi connectivity index (χ2n) is 4.79. The molecule has 8 heteroatoms. The molecule has 0 saturated carbocycles. The van der Waals surface area contributed by atoms with Crippen LogP contribution in [-0.2, 0) is 9.59 Å². The predicted octanol–water partition coefficient (Wildman–Crippen LogP) is 1.75. The van der Waals surface area contributed by atoms with Crippen molar-refractivity contribution in [3.8, 4) is 0 Å². The molecule has 2 saturated heterocycles. The second kappa shape index (κ2) is 6.25. The van der Waals surface area contributed by atoms with Crippen LogP contribution in [0, 0.1) is 5.92 Å². The van der Waals surface area contributed by atoms with Crippen molar-refractivity contribution < 1.29 is 33.0 Å². The van der Waals surface area contributed by atoms with E-state index in [1.807, 2.05) is 0 Å². The van der Waals surface area contributed by atoms with Crippen LogP contribution in [0.5, 0.6) is 0 Å². The van der Waals surface area contributed by atoms with Gasteiger partial charge in [-0.05, 0) is 32.2 Å². The molecule has 5 nitrogen and oxygen atoms in total. The smallest absolute Gasteiger partial charge is 0.478 e. The van der Waals surface area contributed by atoms with E-state index in [9.17, 15) is 18.0 Å². The minimum atomic E-state index is -5.08. The first kappa shape index (κ1) is 16.5. The van der Waals surface area contributed by atoms with Gasteiger partial charge in [-0.2, -0.15) is 13.2 Å². The highest BCUT2D eigenvalue weighted by atomic mass is 19.4. The van der Waals surface area contributed by atoms with Gasteiger partial charge in [0.05, 0.1) is 0 Å². The molecule has 2 N–H and O–H groups in total. The number of carbonyl (C=O) groups is 2. The first-order chi connectivity index (χ1) is 9.12. The number of alkyl halides is 3. The number of halogens is 3. The molecule has 2 heterocycles. The van der Waals surface area contributed by atoms with Crippen molar-refractivity contribution in [1.29, 1.82) is 0 Å². The first-order valence-electron chi connectivity index (χ1n) is 6.08. The Morgan fingerprint density at radius 3 is 2.25 bits per heavy atom. The zero-order chi connectivity index (χ0) is 15.5. The zero-order valence-electron chi connectivity index (χ0n) is 10.9. The Hall–Kier alpha value is -1.57. The maximum atomic E-state index is 10.8. The molecule has 0 spiro atoms. The summed E-state index contributed by atoms with van der Waals surface area (Å²) in [6.45, 7) is 5.03. The van der Waals surface area contributed by atoms with Crippen molar-refractivity contribution in [3.05, 3.63) is 11.1 Å². The number of rotatable bonds is 1. The van der Waals surface area contributed by atoms with Crippen molar-refractivity contribution >= 4 is 11.9 Å². The number of piperidine rings is 1. The van der Waals surface area contributed by atoms with E-state index in [1.165, 1.54) is 5.57 Å². The Labute approximate surface area is 113 Å². The highest BCUT2D eigenvalue weighted by Gasteiger charge is 2.38. The summed E-state index contributed by atoms with van der Waals surface area (Å²) in [4.78, 5) is 22.1. The average Bonchev–Trinajstić information content (AvgIpc) is 2.70. The number of hydrogen-bond acceptors (Lipinski definition) is 3. The van der Waals surface area contributed by atoms with Gasteiger partial charge in [0.25, 0.3) is 0 Å². The fraction of sp³-hybridized carbons (Fsp3) is 0.667. The predicted molar refractivity (Wildman–Crippen MR) is 63.2 cm³/mol. The normalized spacial score (nSPS) is 27.4. The molecular weight excluding hydrogens is 279 g/mol. The van der Waals surface area contributed by atoms with Gasteiger partial charge in [0.2, 0.25) is 0 Å². The van der Waals surface area contributed by atoms with Crippen LogP contribution >= 0.6 is 0 Å². The Bertz CT molecular complexity index is 431. The Balaban J connectivity index is 0.000000246. The molecule has 2 aliphatic heterocycles. The summed E-state index contributed by atoms with van der Waals surface area (Å²) in [5, 5.41) is 16.0.